The number of aliphatic imine (C=N–C) groups is 1. The second kappa shape index (κ2) is 5.03. The number of aliphatic carboxylic acids is 1. The van der Waals surface area contributed by atoms with Crippen LogP contribution in [0.1, 0.15) is 5.56 Å². The third-order valence-electron chi connectivity index (χ3n) is 2.17. The second-order valence-electron chi connectivity index (χ2n) is 3.34. The first kappa shape index (κ1) is 11.0. The minimum Gasteiger partial charge on any atom is -0.481 e. The van der Waals surface area contributed by atoms with Crippen molar-refractivity contribution in [2.24, 2.45) is 4.99 Å². The topological polar surface area (TPSA) is 61.7 Å². The van der Waals surface area contributed by atoms with Gasteiger partial charge < -0.3 is 10.4 Å². The van der Waals surface area contributed by atoms with Gasteiger partial charge in [-0.3, -0.25) is 9.79 Å². The van der Waals surface area contributed by atoms with Crippen molar-refractivity contribution >= 4 is 23.6 Å². The largest absolute Gasteiger partial charge is 0.481 e. The van der Waals surface area contributed by atoms with E-state index in [0.29, 0.717) is 0 Å². The maximum absolute atomic E-state index is 10.5. The Morgan fingerprint density at radius 3 is 3.00 bits per heavy atom. The molecule has 0 saturated heterocycles. The van der Waals surface area contributed by atoms with Crippen LogP contribution in [0.25, 0.3) is 0 Å². The number of nitrogens with one attached hydrogen (secondary N) is 1. The molecule has 1 heterocycles. The van der Waals surface area contributed by atoms with Gasteiger partial charge in [0.05, 0.1) is 12.3 Å². The lowest BCUT2D eigenvalue weighted by molar-refractivity contribution is -0.133. The maximum Gasteiger partial charge on any atom is 0.313 e. The number of benzene rings is 1. The van der Waals surface area contributed by atoms with E-state index in [1.165, 1.54) is 11.8 Å². The van der Waals surface area contributed by atoms with Gasteiger partial charge in [0.15, 0.2) is 0 Å². The van der Waals surface area contributed by atoms with Gasteiger partial charge in [0, 0.05) is 17.0 Å². The van der Waals surface area contributed by atoms with E-state index in [9.17, 15) is 4.79 Å². The minimum atomic E-state index is -0.805. The fourth-order valence-electron chi connectivity index (χ4n) is 1.51. The molecule has 4 nitrogen and oxygen atoms in total. The number of carboxylic acid groups (broad SMARTS) is 1. The third kappa shape index (κ3) is 2.55. The van der Waals surface area contributed by atoms with Crippen LogP contribution in [0.2, 0.25) is 0 Å². The molecule has 0 atom stereocenters. The normalized spacial score (nSPS) is 14.4. The molecular weight excluding hydrogens is 224 g/mol. The summed E-state index contributed by atoms with van der Waals surface area (Å²) in [4.78, 5) is 15.8. The van der Waals surface area contributed by atoms with Gasteiger partial charge in [-0.05, 0) is 6.07 Å². The molecule has 0 spiro atoms. The second-order valence-corrected chi connectivity index (χ2v) is 4.35. The first-order valence-corrected chi connectivity index (χ1v) is 5.98. The van der Waals surface area contributed by atoms with Crippen molar-refractivity contribution in [1.29, 1.82) is 0 Å². The van der Waals surface area contributed by atoms with Crippen LogP contribution in [0.3, 0.4) is 0 Å². The molecule has 0 fully saturated rings. The van der Waals surface area contributed by atoms with Gasteiger partial charge >= 0.3 is 5.97 Å². The lowest BCUT2D eigenvalue weighted by Crippen LogP contribution is -2.20. The SMILES string of the molecule is O=C(O)CSc1ccccc1C1=NCCN1. The fourth-order valence-corrected chi connectivity index (χ4v) is 2.28. The summed E-state index contributed by atoms with van der Waals surface area (Å²) < 4.78 is 0. The summed E-state index contributed by atoms with van der Waals surface area (Å²) in [5.41, 5.74) is 0.992. The Labute approximate surface area is 97.8 Å². The Bertz CT molecular complexity index is 432. The summed E-state index contributed by atoms with van der Waals surface area (Å²) in [5, 5.41) is 11.9. The van der Waals surface area contributed by atoms with Crippen molar-refractivity contribution in [3.8, 4) is 0 Å². The Morgan fingerprint density at radius 2 is 2.31 bits per heavy atom. The summed E-state index contributed by atoms with van der Waals surface area (Å²) >= 11 is 1.32. The van der Waals surface area contributed by atoms with Crippen molar-refractivity contribution < 1.29 is 9.90 Å². The van der Waals surface area contributed by atoms with E-state index in [1.807, 2.05) is 24.3 Å². The van der Waals surface area contributed by atoms with Crippen LogP contribution in [0.4, 0.5) is 0 Å². The molecule has 1 aliphatic rings. The summed E-state index contributed by atoms with van der Waals surface area (Å²) in [5.74, 6) is 0.138. The highest BCUT2D eigenvalue weighted by Crippen LogP contribution is 2.23. The van der Waals surface area contributed by atoms with E-state index in [4.69, 9.17) is 5.11 Å². The molecule has 0 radical (unpaired) electrons. The average Bonchev–Trinajstić information content (AvgIpc) is 2.80. The highest BCUT2D eigenvalue weighted by atomic mass is 32.2. The van der Waals surface area contributed by atoms with E-state index in [2.05, 4.69) is 10.3 Å². The van der Waals surface area contributed by atoms with Gasteiger partial charge in [-0.15, -0.1) is 11.8 Å². The molecule has 0 unspecified atom stereocenters. The van der Waals surface area contributed by atoms with Crippen molar-refractivity contribution in [3.63, 3.8) is 0 Å². The molecule has 16 heavy (non-hydrogen) atoms. The zero-order chi connectivity index (χ0) is 11.4. The molecular formula is C11H12N2O2S. The van der Waals surface area contributed by atoms with Crippen molar-refractivity contribution in [3.05, 3.63) is 29.8 Å². The van der Waals surface area contributed by atoms with E-state index < -0.39 is 5.97 Å². The third-order valence-corrected chi connectivity index (χ3v) is 3.23. The monoisotopic (exact) mass is 236 g/mol. The van der Waals surface area contributed by atoms with Crippen LogP contribution in [-0.2, 0) is 4.79 Å². The number of hydrogen-bond acceptors (Lipinski definition) is 4. The Balaban J connectivity index is 2.20. The molecule has 0 bridgehead atoms. The standard InChI is InChI=1S/C11H12N2O2S/c14-10(15)7-16-9-4-2-1-3-8(9)11-12-5-6-13-11/h1-4H,5-7H2,(H,12,13)(H,14,15). The summed E-state index contributed by atoms with van der Waals surface area (Å²) in [6.07, 6.45) is 0. The molecule has 5 heteroatoms. The smallest absolute Gasteiger partial charge is 0.313 e. The summed E-state index contributed by atoms with van der Waals surface area (Å²) in [6.45, 7) is 1.64. The van der Waals surface area contributed by atoms with Gasteiger partial charge in [0.2, 0.25) is 0 Å². The fraction of sp³-hybridized carbons (Fsp3) is 0.273. The average molecular weight is 236 g/mol. The van der Waals surface area contributed by atoms with Gasteiger partial charge in [-0.25, -0.2) is 0 Å². The zero-order valence-electron chi connectivity index (χ0n) is 8.64. The van der Waals surface area contributed by atoms with Crippen molar-refractivity contribution in [2.45, 2.75) is 4.90 Å². The first-order chi connectivity index (χ1) is 7.77. The molecule has 1 aromatic rings. The molecule has 0 amide bonds. The van der Waals surface area contributed by atoms with Gasteiger partial charge in [-0.1, -0.05) is 18.2 Å². The van der Waals surface area contributed by atoms with Crippen LogP contribution in [-0.4, -0.2) is 35.8 Å². The van der Waals surface area contributed by atoms with Gasteiger partial charge in [-0.2, -0.15) is 0 Å². The highest BCUT2D eigenvalue weighted by Gasteiger charge is 2.12. The summed E-state index contributed by atoms with van der Waals surface area (Å²) in [7, 11) is 0. The quantitative estimate of drug-likeness (QED) is 0.771. The lowest BCUT2D eigenvalue weighted by atomic mass is 10.2. The molecule has 1 aliphatic heterocycles. The van der Waals surface area contributed by atoms with Crippen LogP contribution in [0.5, 0.6) is 0 Å². The lowest BCUT2D eigenvalue weighted by Gasteiger charge is -2.08. The van der Waals surface area contributed by atoms with Crippen LogP contribution in [0.15, 0.2) is 34.2 Å². The molecule has 0 aromatic heterocycles. The Morgan fingerprint density at radius 1 is 1.50 bits per heavy atom. The van der Waals surface area contributed by atoms with E-state index in [1.54, 1.807) is 0 Å². The number of thioether (sulfide) groups is 1. The number of carboxylic acids is 1. The van der Waals surface area contributed by atoms with Gasteiger partial charge in [0.1, 0.15) is 5.84 Å². The Hall–Kier alpha value is -1.49. The zero-order valence-corrected chi connectivity index (χ0v) is 9.46. The molecule has 2 N–H and O–H groups in total. The molecule has 84 valence electrons. The number of carbonyl (C=O) groups is 1. The highest BCUT2D eigenvalue weighted by molar-refractivity contribution is 8.00. The number of rotatable bonds is 4. The number of nitrogens with zero attached hydrogens (tertiary/aromatic N) is 1. The van der Waals surface area contributed by atoms with Crippen LogP contribution < -0.4 is 5.32 Å². The van der Waals surface area contributed by atoms with Crippen molar-refractivity contribution in [1.82, 2.24) is 5.32 Å². The predicted octanol–water partition coefficient (Wildman–Crippen LogP) is 1.21. The van der Waals surface area contributed by atoms with Crippen LogP contribution in [0, 0.1) is 0 Å². The molecule has 0 saturated carbocycles. The summed E-state index contributed by atoms with van der Waals surface area (Å²) in [6, 6.07) is 7.72. The van der Waals surface area contributed by atoms with Gasteiger partial charge in [0.25, 0.3) is 0 Å². The minimum absolute atomic E-state index is 0.0737. The van der Waals surface area contributed by atoms with E-state index >= 15 is 0 Å². The Kier molecular flexibility index (Phi) is 3.46. The molecule has 2 rings (SSSR count). The first-order valence-electron chi connectivity index (χ1n) is 4.99. The van der Waals surface area contributed by atoms with Crippen LogP contribution >= 0.6 is 11.8 Å². The molecule has 0 aliphatic carbocycles. The van der Waals surface area contributed by atoms with Crippen molar-refractivity contribution in [2.75, 3.05) is 18.8 Å². The molecule has 1 aromatic carbocycles. The van der Waals surface area contributed by atoms with E-state index in [0.717, 1.165) is 29.4 Å². The number of amidine groups is 1. The number of hydrogen-bond donors (Lipinski definition) is 2. The maximum atomic E-state index is 10.5. The van der Waals surface area contributed by atoms with E-state index in [-0.39, 0.29) is 5.75 Å². The predicted molar refractivity (Wildman–Crippen MR) is 64.2 cm³/mol.